The molecule has 3 rings (SSSR count). The maximum atomic E-state index is 12.3. The second kappa shape index (κ2) is 9.54. The zero-order valence-electron chi connectivity index (χ0n) is 16.8. The predicted molar refractivity (Wildman–Crippen MR) is 115 cm³/mol. The van der Waals surface area contributed by atoms with Crippen LogP contribution in [-0.4, -0.2) is 43.6 Å². The second-order valence-electron chi connectivity index (χ2n) is 6.72. The van der Waals surface area contributed by atoms with Crippen molar-refractivity contribution in [2.45, 2.75) is 6.42 Å². The van der Waals surface area contributed by atoms with E-state index in [0.29, 0.717) is 24.5 Å². The van der Waals surface area contributed by atoms with Gasteiger partial charge in [0.15, 0.2) is 0 Å². The van der Waals surface area contributed by atoms with Crippen molar-refractivity contribution >= 4 is 23.2 Å². The Hall–Kier alpha value is -3.61. The molecule has 0 aliphatic rings. The first-order valence-corrected chi connectivity index (χ1v) is 9.33. The van der Waals surface area contributed by atoms with Gasteiger partial charge in [-0.1, -0.05) is 12.1 Å². The average Bonchev–Trinajstić information content (AvgIpc) is 2.74. The molecule has 0 unspecified atom stereocenters. The average molecular weight is 391 g/mol. The van der Waals surface area contributed by atoms with E-state index in [1.54, 1.807) is 7.11 Å². The molecule has 0 saturated heterocycles. The number of anilines is 3. The third-order valence-corrected chi connectivity index (χ3v) is 4.39. The largest absolute Gasteiger partial charge is 0.497 e. The van der Waals surface area contributed by atoms with Crippen molar-refractivity contribution in [3.8, 4) is 5.75 Å². The van der Waals surface area contributed by atoms with Gasteiger partial charge in [-0.3, -0.25) is 4.79 Å². The number of ether oxygens (including phenoxy) is 1. The van der Waals surface area contributed by atoms with Crippen molar-refractivity contribution < 1.29 is 9.53 Å². The van der Waals surface area contributed by atoms with Crippen molar-refractivity contribution in [3.63, 3.8) is 0 Å². The number of hydrogen-bond acceptors (Lipinski definition) is 6. The van der Waals surface area contributed by atoms with E-state index in [1.165, 1.54) is 12.4 Å². The lowest BCUT2D eigenvalue weighted by molar-refractivity contribution is 0.0953. The van der Waals surface area contributed by atoms with Crippen LogP contribution in [0.5, 0.6) is 5.75 Å². The highest BCUT2D eigenvalue weighted by Crippen LogP contribution is 2.18. The lowest BCUT2D eigenvalue weighted by atomic mass is 10.1. The lowest BCUT2D eigenvalue weighted by Gasteiger charge is -2.13. The highest BCUT2D eigenvalue weighted by atomic mass is 16.5. The monoisotopic (exact) mass is 391 g/mol. The van der Waals surface area contributed by atoms with Gasteiger partial charge in [-0.25, -0.2) is 9.97 Å². The van der Waals surface area contributed by atoms with Gasteiger partial charge < -0.3 is 20.3 Å². The van der Waals surface area contributed by atoms with Gasteiger partial charge >= 0.3 is 0 Å². The Balaban J connectivity index is 1.51. The molecule has 0 radical (unpaired) electrons. The smallest absolute Gasteiger partial charge is 0.254 e. The molecule has 7 heteroatoms. The number of hydrogen-bond donors (Lipinski definition) is 2. The molecule has 2 aromatic carbocycles. The molecule has 0 aliphatic carbocycles. The number of amides is 1. The number of carbonyl (C=O) groups excluding carboxylic acids is 1. The van der Waals surface area contributed by atoms with E-state index in [4.69, 9.17) is 4.74 Å². The number of aromatic nitrogens is 2. The van der Waals surface area contributed by atoms with Gasteiger partial charge in [-0.2, -0.15) is 0 Å². The van der Waals surface area contributed by atoms with E-state index in [-0.39, 0.29) is 5.91 Å². The minimum atomic E-state index is -0.199. The zero-order valence-corrected chi connectivity index (χ0v) is 16.8. The Morgan fingerprint density at radius 1 is 1.07 bits per heavy atom. The number of nitrogens with one attached hydrogen (secondary N) is 2. The molecule has 0 saturated carbocycles. The summed E-state index contributed by atoms with van der Waals surface area (Å²) in [7, 11) is 5.62. The van der Waals surface area contributed by atoms with Crippen LogP contribution in [0.3, 0.4) is 0 Å². The standard InChI is InChI=1S/C22H25N5O2/c1-27(2)19-9-7-18(8-10-19)26-22-24-14-17(15-25-22)21(28)23-12-11-16-5-4-6-20(13-16)29-3/h4-10,13-15H,11-12H2,1-3H3,(H,23,28)(H,24,25,26). The first kappa shape index (κ1) is 20.1. The Labute approximate surface area is 170 Å². The van der Waals surface area contributed by atoms with Gasteiger partial charge in [0.2, 0.25) is 5.95 Å². The van der Waals surface area contributed by atoms with Gasteiger partial charge in [0.1, 0.15) is 5.75 Å². The van der Waals surface area contributed by atoms with Crippen molar-refractivity contribution in [3.05, 3.63) is 72.1 Å². The Kier molecular flexibility index (Phi) is 6.63. The molecule has 0 atom stereocenters. The Morgan fingerprint density at radius 2 is 1.79 bits per heavy atom. The molecule has 0 fully saturated rings. The van der Waals surface area contributed by atoms with Crippen molar-refractivity contribution in [1.82, 2.24) is 15.3 Å². The molecule has 2 N–H and O–H groups in total. The van der Waals surface area contributed by atoms with Crippen molar-refractivity contribution in [2.75, 3.05) is 38.0 Å². The number of methoxy groups -OCH3 is 1. The summed E-state index contributed by atoms with van der Waals surface area (Å²) in [5.74, 6) is 1.05. The predicted octanol–water partition coefficient (Wildman–Crippen LogP) is 3.27. The maximum Gasteiger partial charge on any atom is 0.254 e. The molecule has 29 heavy (non-hydrogen) atoms. The van der Waals surface area contributed by atoms with Gasteiger partial charge in [0.25, 0.3) is 5.91 Å². The van der Waals surface area contributed by atoms with Crippen LogP contribution in [0.25, 0.3) is 0 Å². The van der Waals surface area contributed by atoms with Crippen LogP contribution in [0, 0.1) is 0 Å². The van der Waals surface area contributed by atoms with E-state index < -0.39 is 0 Å². The quantitative estimate of drug-likeness (QED) is 0.614. The molecule has 1 amide bonds. The number of rotatable bonds is 8. The highest BCUT2D eigenvalue weighted by Gasteiger charge is 2.07. The van der Waals surface area contributed by atoms with Crippen molar-refractivity contribution in [2.24, 2.45) is 0 Å². The van der Waals surface area contributed by atoms with Gasteiger partial charge in [0.05, 0.1) is 12.7 Å². The third-order valence-electron chi connectivity index (χ3n) is 4.39. The molecule has 0 bridgehead atoms. The molecule has 0 spiro atoms. The first-order valence-electron chi connectivity index (χ1n) is 9.33. The molecular weight excluding hydrogens is 366 g/mol. The first-order chi connectivity index (χ1) is 14.0. The fraction of sp³-hybridized carbons (Fsp3) is 0.227. The fourth-order valence-electron chi connectivity index (χ4n) is 2.73. The molecule has 1 heterocycles. The van der Waals surface area contributed by atoms with Gasteiger partial charge in [-0.15, -0.1) is 0 Å². The molecule has 1 aromatic heterocycles. The van der Waals surface area contributed by atoms with Crippen LogP contribution in [0.4, 0.5) is 17.3 Å². The minimum absolute atomic E-state index is 0.199. The Bertz CT molecular complexity index is 940. The molecule has 0 aliphatic heterocycles. The summed E-state index contributed by atoms with van der Waals surface area (Å²) in [6.45, 7) is 0.518. The normalized spacial score (nSPS) is 10.3. The van der Waals surface area contributed by atoms with Crippen molar-refractivity contribution in [1.29, 1.82) is 0 Å². The van der Waals surface area contributed by atoms with Crippen LogP contribution in [0.15, 0.2) is 60.9 Å². The number of nitrogens with zero attached hydrogens (tertiary/aromatic N) is 3. The topological polar surface area (TPSA) is 79.4 Å². The van der Waals surface area contributed by atoms with Crippen LogP contribution < -0.4 is 20.3 Å². The fourth-order valence-corrected chi connectivity index (χ4v) is 2.73. The summed E-state index contributed by atoms with van der Waals surface area (Å²) < 4.78 is 5.21. The summed E-state index contributed by atoms with van der Waals surface area (Å²) in [5, 5.41) is 6.01. The Morgan fingerprint density at radius 3 is 2.45 bits per heavy atom. The van der Waals surface area contributed by atoms with E-state index in [1.807, 2.05) is 67.5 Å². The second-order valence-corrected chi connectivity index (χ2v) is 6.72. The molecule has 3 aromatic rings. The number of benzene rings is 2. The minimum Gasteiger partial charge on any atom is -0.497 e. The van der Waals surface area contributed by atoms with E-state index in [2.05, 4.69) is 20.6 Å². The molecule has 150 valence electrons. The highest BCUT2D eigenvalue weighted by molar-refractivity contribution is 5.93. The zero-order chi connectivity index (χ0) is 20.6. The lowest BCUT2D eigenvalue weighted by Crippen LogP contribution is -2.26. The van der Waals surface area contributed by atoms with Crippen LogP contribution in [0.1, 0.15) is 15.9 Å². The van der Waals surface area contributed by atoms with Gasteiger partial charge in [-0.05, 0) is 48.4 Å². The maximum absolute atomic E-state index is 12.3. The van der Waals surface area contributed by atoms with E-state index in [0.717, 1.165) is 22.7 Å². The third kappa shape index (κ3) is 5.68. The SMILES string of the molecule is COc1cccc(CCNC(=O)c2cnc(Nc3ccc(N(C)C)cc3)nc2)c1. The van der Waals surface area contributed by atoms with Crippen LogP contribution in [0.2, 0.25) is 0 Å². The summed E-state index contributed by atoms with van der Waals surface area (Å²) >= 11 is 0. The van der Waals surface area contributed by atoms with Crippen LogP contribution >= 0.6 is 0 Å². The molecular formula is C22H25N5O2. The summed E-state index contributed by atoms with van der Waals surface area (Å²) in [6.07, 6.45) is 3.75. The summed E-state index contributed by atoms with van der Waals surface area (Å²) in [6, 6.07) is 15.7. The molecule has 7 nitrogen and oxygen atoms in total. The van der Waals surface area contributed by atoms with Crippen LogP contribution in [-0.2, 0) is 6.42 Å². The number of carbonyl (C=O) groups is 1. The summed E-state index contributed by atoms with van der Waals surface area (Å²) in [4.78, 5) is 22.8. The van der Waals surface area contributed by atoms with E-state index >= 15 is 0 Å². The summed E-state index contributed by atoms with van der Waals surface area (Å²) in [5.41, 5.74) is 3.51. The van der Waals surface area contributed by atoms with Gasteiger partial charge in [0, 0.05) is 44.4 Å². The van der Waals surface area contributed by atoms with E-state index in [9.17, 15) is 4.79 Å².